The van der Waals surface area contributed by atoms with Gasteiger partial charge in [0, 0.05) is 12.1 Å². The topological polar surface area (TPSA) is 80.4 Å². The molecule has 0 fully saturated rings. The van der Waals surface area contributed by atoms with Crippen LogP contribution >= 0.6 is 0 Å². The summed E-state index contributed by atoms with van der Waals surface area (Å²) in [6, 6.07) is 7.78. The summed E-state index contributed by atoms with van der Waals surface area (Å²) >= 11 is 0. The highest BCUT2D eigenvalue weighted by Crippen LogP contribution is 2.27. The molecule has 0 amide bonds. The van der Waals surface area contributed by atoms with E-state index in [-0.39, 0.29) is 11.3 Å². The summed E-state index contributed by atoms with van der Waals surface area (Å²) in [7, 11) is 0. The molecule has 102 valence electrons. The number of nitro groups is 1. The van der Waals surface area contributed by atoms with Gasteiger partial charge < -0.3 is 5.11 Å². The van der Waals surface area contributed by atoms with Crippen molar-refractivity contribution in [1.82, 2.24) is 0 Å². The maximum Gasteiger partial charge on any atom is 0.335 e. The quantitative estimate of drug-likeness (QED) is 0.687. The molecule has 2 rings (SSSR count). The van der Waals surface area contributed by atoms with Gasteiger partial charge in [0.15, 0.2) is 0 Å². The average Bonchev–Trinajstić information content (AvgIpc) is 2.41. The monoisotopic (exact) mass is 275 g/mol. The molecule has 6 heteroatoms. The Hall–Kier alpha value is -2.76. The maximum atomic E-state index is 13.2. The second-order valence-electron chi connectivity index (χ2n) is 4.29. The Balaban J connectivity index is 2.63. The van der Waals surface area contributed by atoms with Crippen LogP contribution < -0.4 is 0 Å². The number of carboxylic acids is 1. The Labute approximate surface area is 113 Å². The third-order valence-corrected chi connectivity index (χ3v) is 2.87. The first-order chi connectivity index (χ1) is 9.38. The molecule has 0 saturated heterocycles. The number of benzene rings is 2. The number of aromatic carboxylic acids is 1. The normalized spacial score (nSPS) is 10.3. The van der Waals surface area contributed by atoms with Crippen molar-refractivity contribution < 1.29 is 19.2 Å². The zero-order valence-corrected chi connectivity index (χ0v) is 10.5. The van der Waals surface area contributed by atoms with E-state index in [0.29, 0.717) is 16.7 Å². The predicted octanol–water partition coefficient (Wildman–Crippen LogP) is 3.41. The Kier molecular flexibility index (Phi) is 3.47. The number of rotatable bonds is 3. The summed E-state index contributed by atoms with van der Waals surface area (Å²) in [5.74, 6) is -1.65. The van der Waals surface area contributed by atoms with Crippen LogP contribution in [0.3, 0.4) is 0 Å². The third kappa shape index (κ3) is 2.64. The van der Waals surface area contributed by atoms with Crippen molar-refractivity contribution in [3.63, 3.8) is 0 Å². The number of hydrogen-bond acceptors (Lipinski definition) is 3. The van der Waals surface area contributed by atoms with E-state index in [9.17, 15) is 19.3 Å². The van der Waals surface area contributed by atoms with Crippen LogP contribution in [0.5, 0.6) is 0 Å². The smallest absolute Gasteiger partial charge is 0.335 e. The van der Waals surface area contributed by atoms with Crippen molar-refractivity contribution in [2.75, 3.05) is 0 Å². The van der Waals surface area contributed by atoms with E-state index in [2.05, 4.69) is 0 Å². The summed E-state index contributed by atoms with van der Waals surface area (Å²) in [5, 5.41) is 19.8. The van der Waals surface area contributed by atoms with E-state index in [1.165, 1.54) is 30.3 Å². The van der Waals surface area contributed by atoms with Crippen LogP contribution in [0.1, 0.15) is 15.9 Å². The minimum absolute atomic E-state index is 0.184. The van der Waals surface area contributed by atoms with Gasteiger partial charge in [0.25, 0.3) is 5.69 Å². The molecule has 0 saturated carbocycles. The van der Waals surface area contributed by atoms with Crippen LogP contribution in [0, 0.1) is 22.9 Å². The number of aryl methyl sites for hydroxylation is 1. The molecule has 20 heavy (non-hydrogen) atoms. The lowest BCUT2D eigenvalue weighted by molar-refractivity contribution is -0.384. The Morgan fingerprint density at radius 1 is 1.20 bits per heavy atom. The van der Waals surface area contributed by atoms with Gasteiger partial charge in [-0.25, -0.2) is 9.18 Å². The molecule has 0 aliphatic heterocycles. The van der Waals surface area contributed by atoms with Gasteiger partial charge in [0.05, 0.1) is 10.5 Å². The zero-order valence-electron chi connectivity index (χ0n) is 10.5. The molecular formula is C14H10FNO4. The first-order valence-electron chi connectivity index (χ1n) is 5.68. The molecule has 5 nitrogen and oxygen atoms in total. The van der Waals surface area contributed by atoms with Gasteiger partial charge in [-0.15, -0.1) is 0 Å². The van der Waals surface area contributed by atoms with Gasteiger partial charge >= 0.3 is 5.97 Å². The highest BCUT2D eigenvalue weighted by molar-refractivity contribution is 5.90. The van der Waals surface area contributed by atoms with Crippen molar-refractivity contribution >= 4 is 11.7 Å². The standard InChI is InChI=1S/C14H10FNO4/c1-8-4-9(2-3-13(8)15)10-5-11(14(17)18)7-12(6-10)16(19)20/h2-7H,1H3,(H,17,18). The van der Waals surface area contributed by atoms with E-state index in [4.69, 9.17) is 5.11 Å². The van der Waals surface area contributed by atoms with Gasteiger partial charge in [-0.1, -0.05) is 6.07 Å². The van der Waals surface area contributed by atoms with E-state index < -0.39 is 16.7 Å². The second-order valence-corrected chi connectivity index (χ2v) is 4.29. The molecule has 0 bridgehead atoms. The summed E-state index contributed by atoms with van der Waals surface area (Å²) in [6.07, 6.45) is 0. The number of non-ortho nitro benzene ring substituents is 1. The van der Waals surface area contributed by atoms with E-state index in [1.54, 1.807) is 6.92 Å². The van der Waals surface area contributed by atoms with Gasteiger partial charge in [0.2, 0.25) is 0 Å². The van der Waals surface area contributed by atoms with Crippen LogP contribution in [-0.4, -0.2) is 16.0 Å². The van der Waals surface area contributed by atoms with Gasteiger partial charge in [0.1, 0.15) is 5.82 Å². The fourth-order valence-corrected chi connectivity index (χ4v) is 1.83. The average molecular weight is 275 g/mol. The number of carbonyl (C=O) groups is 1. The van der Waals surface area contributed by atoms with Crippen LogP contribution in [0.15, 0.2) is 36.4 Å². The molecule has 0 heterocycles. The lowest BCUT2D eigenvalue weighted by Gasteiger charge is -2.05. The predicted molar refractivity (Wildman–Crippen MR) is 70.2 cm³/mol. The number of nitro benzene ring substituents is 1. The minimum Gasteiger partial charge on any atom is -0.478 e. The number of nitrogens with zero attached hydrogens (tertiary/aromatic N) is 1. The highest BCUT2D eigenvalue weighted by Gasteiger charge is 2.15. The van der Waals surface area contributed by atoms with E-state index >= 15 is 0 Å². The first-order valence-corrected chi connectivity index (χ1v) is 5.68. The van der Waals surface area contributed by atoms with Crippen LogP contribution in [-0.2, 0) is 0 Å². The maximum absolute atomic E-state index is 13.2. The summed E-state index contributed by atoms with van der Waals surface area (Å²) < 4.78 is 13.2. The third-order valence-electron chi connectivity index (χ3n) is 2.87. The molecule has 0 spiro atoms. The first kappa shape index (κ1) is 13.7. The largest absolute Gasteiger partial charge is 0.478 e. The molecule has 0 aliphatic rings. The summed E-state index contributed by atoms with van der Waals surface area (Å²) in [4.78, 5) is 21.2. The number of halogens is 1. The molecule has 0 atom stereocenters. The Bertz CT molecular complexity index is 680. The van der Waals surface area contributed by atoms with Crippen molar-refractivity contribution in [3.8, 4) is 11.1 Å². The van der Waals surface area contributed by atoms with Gasteiger partial charge in [-0.2, -0.15) is 0 Å². The molecular weight excluding hydrogens is 265 g/mol. The van der Waals surface area contributed by atoms with Crippen LogP contribution in [0.2, 0.25) is 0 Å². The van der Waals surface area contributed by atoms with Crippen molar-refractivity contribution in [3.05, 3.63) is 63.5 Å². The van der Waals surface area contributed by atoms with Crippen molar-refractivity contribution in [2.45, 2.75) is 6.92 Å². The van der Waals surface area contributed by atoms with Crippen LogP contribution in [0.4, 0.5) is 10.1 Å². The van der Waals surface area contributed by atoms with E-state index in [1.807, 2.05) is 0 Å². The van der Waals surface area contributed by atoms with Gasteiger partial charge in [-0.3, -0.25) is 10.1 Å². The van der Waals surface area contributed by atoms with Crippen molar-refractivity contribution in [1.29, 1.82) is 0 Å². The lowest BCUT2D eigenvalue weighted by Crippen LogP contribution is -1.99. The number of hydrogen-bond donors (Lipinski definition) is 1. The Morgan fingerprint density at radius 2 is 1.90 bits per heavy atom. The lowest BCUT2D eigenvalue weighted by atomic mass is 10.0. The molecule has 2 aromatic carbocycles. The van der Waals surface area contributed by atoms with Crippen LogP contribution in [0.25, 0.3) is 11.1 Å². The SMILES string of the molecule is Cc1cc(-c2cc(C(=O)O)cc([N+](=O)[O-])c2)ccc1F. The minimum atomic E-state index is -1.26. The fraction of sp³-hybridized carbons (Fsp3) is 0.0714. The fourth-order valence-electron chi connectivity index (χ4n) is 1.83. The Morgan fingerprint density at radius 3 is 2.45 bits per heavy atom. The molecule has 0 unspecified atom stereocenters. The van der Waals surface area contributed by atoms with Gasteiger partial charge in [-0.05, 0) is 41.8 Å². The number of carboxylic acid groups (broad SMARTS) is 1. The molecule has 1 N–H and O–H groups in total. The summed E-state index contributed by atoms with van der Waals surface area (Å²) in [6.45, 7) is 1.56. The highest BCUT2D eigenvalue weighted by atomic mass is 19.1. The molecule has 0 radical (unpaired) electrons. The summed E-state index contributed by atoms with van der Waals surface area (Å²) in [5.41, 5.74) is 0.763. The van der Waals surface area contributed by atoms with Crippen molar-refractivity contribution in [2.24, 2.45) is 0 Å². The second kappa shape index (κ2) is 5.08. The zero-order chi connectivity index (χ0) is 14.9. The van der Waals surface area contributed by atoms with E-state index in [0.717, 1.165) is 6.07 Å². The molecule has 0 aromatic heterocycles. The molecule has 0 aliphatic carbocycles. The molecule has 2 aromatic rings.